The Morgan fingerprint density at radius 2 is 1.85 bits per heavy atom. The van der Waals surface area contributed by atoms with E-state index in [4.69, 9.17) is 0 Å². The van der Waals surface area contributed by atoms with Gasteiger partial charge < -0.3 is 0 Å². The summed E-state index contributed by atoms with van der Waals surface area (Å²) in [7, 11) is 0. The second-order valence-corrected chi connectivity index (χ2v) is 4.02. The largest absolute Gasteiger partial charge is 0.103 e. The smallest absolute Gasteiger partial charge is 0.00152 e. The minimum Gasteiger partial charge on any atom is -0.103 e. The maximum Gasteiger partial charge on any atom is -0.00152 e. The molecule has 0 aromatic carbocycles. The monoisotopic (exact) mass is 176 g/mol. The fourth-order valence-corrected chi connectivity index (χ4v) is 2.08. The van der Waals surface area contributed by atoms with Gasteiger partial charge in [0.05, 0.1) is 0 Å². The van der Waals surface area contributed by atoms with Gasteiger partial charge in [0.15, 0.2) is 0 Å². The predicted octanol–water partition coefficient (Wildman–Crippen LogP) is 4.26. The molecule has 72 valence electrons. The Morgan fingerprint density at radius 1 is 1.23 bits per heavy atom. The van der Waals surface area contributed by atoms with Gasteiger partial charge in [-0.05, 0) is 50.7 Å². The molecule has 0 spiro atoms. The summed E-state index contributed by atoms with van der Waals surface area (Å²) >= 11 is 0. The van der Waals surface area contributed by atoms with Gasteiger partial charge >= 0.3 is 0 Å². The Labute approximate surface area is 82.0 Å². The van der Waals surface area contributed by atoms with Crippen LogP contribution < -0.4 is 0 Å². The second-order valence-electron chi connectivity index (χ2n) is 4.02. The Balaban J connectivity index is 2.87. The number of allylic oxidation sites excluding steroid dienone is 5. The molecule has 0 bridgehead atoms. The van der Waals surface area contributed by atoms with Gasteiger partial charge in [0, 0.05) is 0 Å². The third kappa shape index (κ3) is 1.77. The molecule has 0 aromatic heterocycles. The van der Waals surface area contributed by atoms with Gasteiger partial charge in [0.25, 0.3) is 0 Å². The van der Waals surface area contributed by atoms with Crippen LogP contribution >= 0.6 is 0 Å². The molecule has 1 rings (SSSR count). The molecular weight excluding hydrogens is 156 g/mol. The van der Waals surface area contributed by atoms with Crippen LogP contribution in [0.15, 0.2) is 34.9 Å². The van der Waals surface area contributed by atoms with Crippen LogP contribution in [0.2, 0.25) is 0 Å². The Hall–Kier alpha value is -0.780. The second kappa shape index (κ2) is 3.95. The standard InChI is InChI=1S/C13H20/c1-6-7-8-13-11(4)9(2)10(3)12(13)5/h6,9H,1,7-8H2,2-5H3. The van der Waals surface area contributed by atoms with E-state index in [0.717, 1.165) is 6.42 Å². The van der Waals surface area contributed by atoms with Crippen molar-refractivity contribution in [3.8, 4) is 0 Å². The van der Waals surface area contributed by atoms with Crippen LogP contribution in [-0.2, 0) is 0 Å². The van der Waals surface area contributed by atoms with E-state index in [2.05, 4.69) is 34.3 Å². The van der Waals surface area contributed by atoms with Gasteiger partial charge in [-0.1, -0.05) is 24.1 Å². The third-order valence-electron chi connectivity index (χ3n) is 3.42. The molecule has 0 N–H and O–H groups in total. The summed E-state index contributed by atoms with van der Waals surface area (Å²) < 4.78 is 0. The summed E-state index contributed by atoms with van der Waals surface area (Å²) in [6.07, 6.45) is 4.28. The van der Waals surface area contributed by atoms with E-state index in [1.54, 1.807) is 16.7 Å². The maximum absolute atomic E-state index is 3.77. The summed E-state index contributed by atoms with van der Waals surface area (Å²) in [6, 6.07) is 0. The quantitative estimate of drug-likeness (QED) is 0.564. The molecule has 1 aliphatic rings. The van der Waals surface area contributed by atoms with E-state index >= 15 is 0 Å². The molecule has 0 amide bonds. The first-order chi connectivity index (χ1) is 6.09. The summed E-state index contributed by atoms with van der Waals surface area (Å²) in [5.41, 5.74) is 6.21. The van der Waals surface area contributed by atoms with Crippen LogP contribution in [-0.4, -0.2) is 0 Å². The van der Waals surface area contributed by atoms with Crippen molar-refractivity contribution in [1.82, 2.24) is 0 Å². The molecular formula is C13H20. The lowest BCUT2D eigenvalue weighted by Gasteiger charge is -2.06. The average Bonchev–Trinajstić information content (AvgIpc) is 2.30. The molecule has 0 radical (unpaired) electrons. The molecule has 1 aliphatic carbocycles. The molecule has 0 aromatic rings. The molecule has 1 unspecified atom stereocenters. The molecule has 13 heavy (non-hydrogen) atoms. The van der Waals surface area contributed by atoms with E-state index in [-0.39, 0.29) is 0 Å². The molecule has 0 saturated heterocycles. The maximum atomic E-state index is 3.77. The first-order valence-electron chi connectivity index (χ1n) is 5.07. The van der Waals surface area contributed by atoms with Crippen molar-refractivity contribution in [1.29, 1.82) is 0 Å². The summed E-state index contributed by atoms with van der Waals surface area (Å²) in [5, 5.41) is 0. The SMILES string of the molecule is C=CCCC1=C(C)C(C)C(C)=C1C. The van der Waals surface area contributed by atoms with Crippen LogP contribution in [0.5, 0.6) is 0 Å². The fourth-order valence-electron chi connectivity index (χ4n) is 2.08. The van der Waals surface area contributed by atoms with E-state index in [0.29, 0.717) is 5.92 Å². The van der Waals surface area contributed by atoms with Crippen molar-refractivity contribution in [2.75, 3.05) is 0 Å². The minimum absolute atomic E-state index is 0.666. The van der Waals surface area contributed by atoms with Crippen molar-refractivity contribution in [3.63, 3.8) is 0 Å². The Bertz CT molecular complexity index is 276. The molecule has 0 nitrogen and oxygen atoms in total. The lowest BCUT2D eigenvalue weighted by atomic mass is 9.99. The highest BCUT2D eigenvalue weighted by Crippen LogP contribution is 2.38. The van der Waals surface area contributed by atoms with E-state index < -0.39 is 0 Å². The summed E-state index contributed by atoms with van der Waals surface area (Å²) in [4.78, 5) is 0. The molecule has 0 saturated carbocycles. The van der Waals surface area contributed by atoms with Crippen LogP contribution in [0.4, 0.5) is 0 Å². The van der Waals surface area contributed by atoms with Gasteiger partial charge in [-0.3, -0.25) is 0 Å². The zero-order chi connectivity index (χ0) is 10.0. The molecule has 0 aliphatic heterocycles. The summed E-state index contributed by atoms with van der Waals surface area (Å²) in [6.45, 7) is 12.8. The first-order valence-corrected chi connectivity index (χ1v) is 5.07. The Morgan fingerprint density at radius 3 is 2.23 bits per heavy atom. The van der Waals surface area contributed by atoms with Gasteiger partial charge in [0.2, 0.25) is 0 Å². The van der Waals surface area contributed by atoms with Gasteiger partial charge in [-0.2, -0.15) is 0 Å². The first kappa shape index (κ1) is 10.3. The van der Waals surface area contributed by atoms with Crippen molar-refractivity contribution in [2.45, 2.75) is 40.5 Å². The van der Waals surface area contributed by atoms with E-state index in [1.165, 1.54) is 12.0 Å². The van der Waals surface area contributed by atoms with Gasteiger partial charge in [-0.15, -0.1) is 6.58 Å². The third-order valence-corrected chi connectivity index (χ3v) is 3.42. The predicted molar refractivity (Wildman–Crippen MR) is 59.7 cm³/mol. The van der Waals surface area contributed by atoms with Crippen molar-refractivity contribution in [2.24, 2.45) is 5.92 Å². The van der Waals surface area contributed by atoms with Gasteiger partial charge in [0.1, 0.15) is 0 Å². The fraction of sp³-hybridized carbons (Fsp3) is 0.538. The van der Waals surface area contributed by atoms with Crippen LogP contribution in [0.3, 0.4) is 0 Å². The summed E-state index contributed by atoms with van der Waals surface area (Å²) in [5.74, 6) is 0.666. The van der Waals surface area contributed by atoms with E-state index in [9.17, 15) is 0 Å². The lowest BCUT2D eigenvalue weighted by Crippen LogP contribution is -1.92. The normalized spacial score (nSPS) is 22.9. The topological polar surface area (TPSA) is 0 Å². The van der Waals surface area contributed by atoms with E-state index in [1.807, 2.05) is 6.08 Å². The highest BCUT2D eigenvalue weighted by atomic mass is 14.3. The molecule has 0 heteroatoms. The van der Waals surface area contributed by atoms with Gasteiger partial charge in [-0.25, -0.2) is 0 Å². The highest BCUT2D eigenvalue weighted by Gasteiger charge is 2.21. The number of hydrogen-bond donors (Lipinski definition) is 0. The van der Waals surface area contributed by atoms with Crippen LogP contribution in [0.25, 0.3) is 0 Å². The zero-order valence-corrected chi connectivity index (χ0v) is 9.28. The van der Waals surface area contributed by atoms with Crippen LogP contribution in [0.1, 0.15) is 40.5 Å². The number of rotatable bonds is 3. The van der Waals surface area contributed by atoms with Crippen molar-refractivity contribution >= 4 is 0 Å². The molecule has 0 fully saturated rings. The average molecular weight is 176 g/mol. The number of hydrogen-bond acceptors (Lipinski definition) is 0. The van der Waals surface area contributed by atoms with Crippen molar-refractivity contribution in [3.05, 3.63) is 34.9 Å². The Kier molecular flexibility index (Phi) is 3.13. The lowest BCUT2D eigenvalue weighted by molar-refractivity contribution is 0.810. The zero-order valence-electron chi connectivity index (χ0n) is 9.28. The highest BCUT2D eigenvalue weighted by molar-refractivity contribution is 5.46. The molecule has 1 atom stereocenters. The molecule has 0 heterocycles. The van der Waals surface area contributed by atoms with Crippen molar-refractivity contribution < 1.29 is 0 Å². The van der Waals surface area contributed by atoms with Crippen LogP contribution in [0, 0.1) is 5.92 Å². The minimum atomic E-state index is 0.666.